The van der Waals surface area contributed by atoms with E-state index in [0.717, 1.165) is 18.0 Å². The number of hydrogen-bond donors (Lipinski definition) is 0. The molecule has 3 fully saturated rings. The molecule has 4 rings (SSSR count). The molecule has 0 unspecified atom stereocenters. The number of piperidine rings is 1. The van der Waals surface area contributed by atoms with Crippen LogP contribution in [0.2, 0.25) is 0 Å². The lowest BCUT2D eigenvalue weighted by Gasteiger charge is -2.36. The summed E-state index contributed by atoms with van der Waals surface area (Å²) in [5.41, 5.74) is 0.727. The molecule has 0 aromatic heterocycles. The quantitative estimate of drug-likeness (QED) is 0.844. The number of nitrogens with zero attached hydrogens (tertiary/aromatic N) is 3. The van der Waals surface area contributed by atoms with Crippen LogP contribution in [-0.2, 0) is 4.79 Å². The first-order chi connectivity index (χ1) is 11.7. The molecule has 1 aromatic carbocycles. The third-order valence-corrected chi connectivity index (χ3v) is 5.80. The fourth-order valence-electron chi connectivity index (χ4n) is 4.42. The SMILES string of the molecule is O=C(CN1C[C@H]2CC[C@H]1C2)N1CCN(C(=O)c2ccccc2)CC1. The highest BCUT2D eigenvalue weighted by Gasteiger charge is 2.39. The summed E-state index contributed by atoms with van der Waals surface area (Å²) in [6.45, 7) is 4.23. The lowest BCUT2D eigenvalue weighted by atomic mass is 10.1. The molecule has 2 amide bonds. The summed E-state index contributed by atoms with van der Waals surface area (Å²) in [6.07, 6.45) is 3.89. The van der Waals surface area contributed by atoms with Crippen LogP contribution in [0, 0.1) is 5.92 Å². The van der Waals surface area contributed by atoms with Crippen molar-refractivity contribution in [3.8, 4) is 0 Å². The molecule has 0 spiro atoms. The van der Waals surface area contributed by atoms with Crippen LogP contribution in [0.15, 0.2) is 30.3 Å². The maximum atomic E-state index is 12.6. The minimum Gasteiger partial charge on any atom is -0.338 e. The molecule has 2 aliphatic heterocycles. The first kappa shape index (κ1) is 15.6. The smallest absolute Gasteiger partial charge is 0.253 e. The van der Waals surface area contributed by atoms with Crippen molar-refractivity contribution < 1.29 is 9.59 Å². The molecule has 2 saturated heterocycles. The van der Waals surface area contributed by atoms with Crippen LogP contribution in [-0.4, -0.2) is 71.8 Å². The summed E-state index contributed by atoms with van der Waals surface area (Å²) in [6, 6.07) is 10.0. The van der Waals surface area contributed by atoms with Gasteiger partial charge < -0.3 is 9.80 Å². The second kappa shape index (κ2) is 6.55. The Bertz CT molecular complexity index is 610. The Hall–Kier alpha value is -1.88. The van der Waals surface area contributed by atoms with Gasteiger partial charge in [0.25, 0.3) is 5.91 Å². The largest absolute Gasteiger partial charge is 0.338 e. The zero-order valence-electron chi connectivity index (χ0n) is 14.1. The van der Waals surface area contributed by atoms with Crippen LogP contribution in [0.3, 0.4) is 0 Å². The summed E-state index contributed by atoms with van der Waals surface area (Å²) < 4.78 is 0. The number of fused-ring (bicyclic) bond motifs is 2. The van der Waals surface area contributed by atoms with Crippen LogP contribution in [0.4, 0.5) is 0 Å². The summed E-state index contributed by atoms with van der Waals surface area (Å²) in [7, 11) is 0. The molecule has 1 saturated carbocycles. The van der Waals surface area contributed by atoms with E-state index in [0.29, 0.717) is 38.8 Å². The number of carbonyl (C=O) groups is 2. The average Bonchev–Trinajstić information content (AvgIpc) is 3.25. The zero-order chi connectivity index (χ0) is 16.5. The predicted molar refractivity (Wildman–Crippen MR) is 91.6 cm³/mol. The van der Waals surface area contributed by atoms with Gasteiger partial charge in [-0.2, -0.15) is 0 Å². The highest BCUT2D eigenvalue weighted by Crippen LogP contribution is 2.37. The molecule has 5 nitrogen and oxygen atoms in total. The molecule has 5 heteroatoms. The third-order valence-electron chi connectivity index (χ3n) is 5.80. The Balaban J connectivity index is 1.28. The van der Waals surface area contributed by atoms with Gasteiger partial charge in [-0.05, 0) is 37.3 Å². The second-order valence-electron chi connectivity index (χ2n) is 7.30. The first-order valence-corrected chi connectivity index (χ1v) is 9.07. The van der Waals surface area contributed by atoms with Gasteiger partial charge in [-0.15, -0.1) is 0 Å². The van der Waals surface area contributed by atoms with Crippen LogP contribution in [0.25, 0.3) is 0 Å². The molecular weight excluding hydrogens is 302 g/mol. The molecule has 0 N–H and O–H groups in total. The summed E-state index contributed by atoms with van der Waals surface area (Å²) in [4.78, 5) is 31.2. The minimum atomic E-state index is 0.0690. The van der Waals surface area contributed by atoms with E-state index in [4.69, 9.17) is 0 Å². The van der Waals surface area contributed by atoms with Crippen molar-refractivity contribution in [1.82, 2.24) is 14.7 Å². The lowest BCUT2D eigenvalue weighted by molar-refractivity contribution is -0.134. The van der Waals surface area contributed by atoms with Crippen molar-refractivity contribution in [3.05, 3.63) is 35.9 Å². The number of rotatable bonds is 3. The van der Waals surface area contributed by atoms with Gasteiger partial charge in [-0.1, -0.05) is 18.2 Å². The van der Waals surface area contributed by atoms with E-state index in [1.54, 1.807) is 0 Å². The van der Waals surface area contributed by atoms with Gasteiger partial charge in [0, 0.05) is 44.3 Å². The Morgan fingerprint density at radius 2 is 1.67 bits per heavy atom. The number of piperazine rings is 1. The molecule has 2 atom stereocenters. The maximum Gasteiger partial charge on any atom is 0.253 e. The Morgan fingerprint density at radius 1 is 0.958 bits per heavy atom. The van der Waals surface area contributed by atoms with E-state index in [1.807, 2.05) is 40.1 Å². The second-order valence-corrected chi connectivity index (χ2v) is 7.30. The van der Waals surface area contributed by atoms with Crippen molar-refractivity contribution in [2.75, 3.05) is 39.3 Å². The number of amides is 2. The van der Waals surface area contributed by atoms with E-state index < -0.39 is 0 Å². The molecule has 3 aliphatic rings. The van der Waals surface area contributed by atoms with Crippen LogP contribution < -0.4 is 0 Å². The lowest BCUT2D eigenvalue weighted by Crippen LogP contribution is -2.53. The maximum absolute atomic E-state index is 12.6. The van der Waals surface area contributed by atoms with E-state index in [2.05, 4.69) is 4.90 Å². The normalized spacial score (nSPS) is 26.8. The topological polar surface area (TPSA) is 43.9 Å². The van der Waals surface area contributed by atoms with Crippen LogP contribution >= 0.6 is 0 Å². The van der Waals surface area contributed by atoms with Gasteiger partial charge in [0.1, 0.15) is 0 Å². The van der Waals surface area contributed by atoms with Crippen molar-refractivity contribution in [1.29, 1.82) is 0 Å². The van der Waals surface area contributed by atoms with Crippen molar-refractivity contribution in [3.63, 3.8) is 0 Å². The van der Waals surface area contributed by atoms with E-state index in [1.165, 1.54) is 19.3 Å². The fourth-order valence-corrected chi connectivity index (χ4v) is 4.42. The van der Waals surface area contributed by atoms with E-state index in [-0.39, 0.29) is 11.8 Å². The molecule has 2 heterocycles. The van der Waals surface area contributed by atoms with Crippen LogP contribution in [0.1, 0.15) is 29.6 Å². The van der Waals surface area contributed by atoms with Gasteiger partial charge in [-0.3, -0.25) is 14.5 Å². The molecule has 24 heavy (non-hydrogen) atoms. The van der Waals surface area contributed by atoms with Crippen molar-refractivity contribution >= 4 is 11.8 Å². The highest BCUT2D eigenvalue weighted by atomic mass is 16.2. The van der Waals surface area contributed by atoms with E-state index >= 15 is 0 Å². The monoisotopic (exact) mass is 327 g/mol. The fraction of sp³-hybridized carbons (Fsp3) is 0.579. The minimum absolute atomic E-state index is 0.0690. The van der Waals surface area contributed by atoms with Gasteiger partial charge >= 0.3 is 0 Å². The predicted octanol–water partition coefficient (Wildman–Crippen LogP) is 1.46. The average molecular weight is 327 g/mol. The van der Waals surface area contributed by atoms with Gasteiger partial charge in [0.2, 0.25) is 5.91 Å². The van der Waals surface area contributed by atoms with Gasteiger partial charge in [-0.25, -0.2) is 0 Å². The van der Waals surface area contributed by atoms with Crippen molar-refractivity contribution in [2.24, 2.45) is 5.92 Å². The summed E-state index contributed by atoms with van der Waals surface area (Å²) in [5.74, 6) is 1.12. The Labute approximate surface area is 143 Å². The third kappa shape index (κ3) is 3.05. The number of hydrogen-bond acceptors (Lipinski definition) is 3. The molecular formula is C19H25N3O2. The Morgan fingerprint density at radius 3 is 2.29 bits per heavy atom. The molecule has 1 aromatic rings. The van der Waals surface area contributed by atoms with E-state index in [9.17, 15) is 9.59 Å². The number of carbonyl (C=O) groups excluding carboxylic acids is 2. The number of likely N-dealkylation sites (tertiary alicyclic amines) is 1. The van der Waals surface area contributed by atoms with Crippen molar-refractivity contribution in [2.45, 2.75) is 25.3 Å². The zero-order valence-corrected chi connectivity index (χ0v) is 14.1. The van der Waals surface area contributed by atoms with Crippen LogP contribution in [0.5, 0.6) is 0 Å². The Kier molecular flexibility index (Phi) is 4.27. The molecule has 2 bridgehead atoms. The summed E-state index contributed by atoms with van der Waals surface area (Å²) in [5, 5.41) is 0. The summed E-state index contributed by atoms with van der Waals surface area (Å²) >= 11 is 0. The number of benzene rings is 1. The van der Waals surface area contributed by atoms with Gasteiger partial charge in [0.05, 0.1) is 6.54 Å². The molecule has 0 radical (unpaired) electrons. The first-order valence-electron chi connectivity index (χ1n) is 9.07. The molecule has 128 valence electrons. The highest BCUT2D eigenvalue weighted by molar-refractivity contribution is 5.94. The standard InChI is InChI=1S/C19H25N3O2/c23-18(14-22-13-15-6-7-17(22)12-15)20-8-10-21(11-9-20)19(24)16-4-2-1-3-5-16/h1-5,15,17H,6-14H2/t15-,17-/m0/s1. The molecule has 1 aliphatic carbocycles. The van der Waals surface area contributed by atoms with Gasteiger partial charge in [0.15, 0.2) is 0 Å².